The van der Waals surface area contributed by atoms with Crippen LogP contribution in [-0.2, 0) is 11.3 Å². The highest BCUT2D eigenvalue weighted by atomic mass is 16.5. The van der Waals surface area contributed by atoms with Crippen molar-refractivity contribution in [2.45, 2.75) is 13.5 Å². The summed E-state index contributed by atoms with van der Waals surface area (Å²) in [6, 6.07) is 16.6. The number of para-hydroxylation sites is 1. The van der Waals surface area contributed by atoms with E-state index in [1.54, 1.807) is 24.3 Å². The first-order valence-electron chi connectivity index (χ1n) is 8.88. The van der Waals surface area contributed by atoms with E-state index in [2.05, 4.69) is 5.32 Å². The molecular weight excluding hydrogens is 368 g/mol. The molecule has 0 saturated heterocycles. The molecule has 1 aromatic heterocycles. The minimum atomic E-state index is -0.695. The maximum absolute atomic E-state index is 12.9. The van der Waals surface area contributed by atoms with Crippen LogP contribution < -0.4 is 11.1 Å². The lowest BCUT2D eigenvalue weighted by Crippen LogP contribution is -2.24. The number of aromatic nitrogens is 1. The Morgan fingerprint density at radius 3 is 2.52 bits per heavy atom. The predicted molar refractivity (Wildman–Crippen MR) is 109 cm³/mol. The fourth-order valence-corrected chi connectivity index (χ4v) is 2.96. The van der Waals surface area contributed by atoms with Gasteiger partial charge in [0.05, 0.1) is 29.6 Å². The van der Waals surface area contributed by atoms with Crippen molar-refractivity contribution in [3.05, 3.63) is 82.7 Å². The number of nitrogens with two attached hydrogens (primary N) is 1. The molecule has 1 heterocycles. The van der Waals surface area contributed by atoms with Crippen molar-refractivity contribution in [1.82, 2.24) is 9.88 Å². The fourth-order valence-electron chi connectivity index (χ4n) is 2.96. The van der Waals surface area contributed by atoms with E-state index in [-0.39, 0.29) is 22.9 Å². The Labute approximate surface area is 168 Å². The Bertz CT molecular complexity index is 1110. The number of aryl methyl sites for hydroxylation is 1. The number of carbonyl (C=O) groups is 2. The second-order valence-corrected chi connectivity index (χ2v) is 6.46. The van der Waals surface area contributed by atoms with Crippen LogP contribution in [0.5, 0.6) is 0 Å². The second kappa shape index (κ2) is 8.31. The van der Waals surface area contributed by atoms with Gasteiger partial charge in [0.15, 0.2) is 5.69 Å². The molecule has 0 spiro atoms. The van der Waals surface area contributed by atoms with Crippen molar-refractivity contribution >= 4 is 17.6 Å². The van der Waals surface area contributed by atoms with Gasteiger partial charge in [-0.2, -0.15) is 5.26 Å². The molecule has 0 atom stereocenters. The predicted octanol–water partition coefficient (Wildman–Crippen LogP) is 2.96. The molecule has 0 fully saturated rings. The number of amides is 1. The summed E-state index contributed by atoms with van der Waals surface area (Å²) in [6.45, 7) is 2.35. The molecule has 7 heteroatoms. The maximum atomic E-state index is 12.9. The summed E-state index contributed by atoms with van der Waals surface area (Å²) in [7, 11) is 1.23. The highest BCUT2D eigenvalue weighted by molar-refractivity contribution is 6.00. The number of methoxy groups -OCH3 is 1. The SMILES string of the molecule is COC(=O)c1c(N)c(C#N)cn1-c1ccccc1C(=O)NCc1ccc(C)cc1. The van der Waals surface area contributed by atoms with Gasteiger partial charge in [-0.3, -0.25) is 4.79 Å². The van der Waals surface area contributed by atoms with Gasteiger partial charge < -0.3 is 20.4 Å². The highest BCUT2D eigenvalue weighted by Crippen LogP contribution is 2.26. The number of esters is 1. The third kappa shape index (κ3) is 3.96. The van der Waals surface area contributed by atoms with Crippen LogP contribution in [0.4, 0.5) is 5.69 Å². The van der Waals surface area contributed by atoms with Gasteiger partial charge in [-0.15, -0.1) is 0 Å². The number of hydrogen-bond donors (Lipinski definition) is 2. The first-order chi connectivity index (χ1) is 14.0. The van der Waals surface area contributed by atoms with Crippen molar-refractivity contribution in [2.24, 2.45) is 0 Å². The van der Waals surface area contributed by atoms with Crippen LogP contribution in [0.2, 0.25) is 0 Å². The Morgan fingerprint density at radius 2 is 1.86 bits per heavy atom. The number of nitriles is 1. The zero-order valence-corrected chi connectivity index (χ0v) is 16.1. The van der Waals surface area contributed by atoms with Crippen molar-refractivity contribution in [2.75, 3.05) is 12.8 Å². The smallest absolute Gasteiger partial charge is 0.357 e. The van der Waals surface area contributed by atoms with E-state index in [0.29, 0.717) is 17.8 Å². The minimum absolute atomic E-state index is 0.00262. The lowest BCUT2D eigenvalue weighted by molar-refractivity contribution is 0.0592. The van der Waals surface area contributed by atoms with Gasteiger partial charge in [0.1, 0.15) is 6.07 Å². The van der Waals surface area contributed by atoms with Gasteiger partial charge in [-0.25, -0.2) is 4.79 Å². The fraction of sp³-hybridized carbons (Fsp3) is 0.136. The van der Waals surface area contributed by atoms with Gasteiger partial charge in [-0.1, -0.05) is 42.0 Å². The zero-order valence-electron chi connectivity index (χ0n) is 16.1. The van der Waals surface area contributed by atoms with Crippen LogP contribution in [0.25, 0.3) is 5.69 Å². The van der Waals surface area contributed by atoms with Crippen molar-refractivity contribution in [1.29, 1.82) is 5.26 Å². The molecule has 0 aliphatic carbocycles. The molecule has 0 bridgehead atoms. The number of ether oxygens (including phenoxy) is 1. The highest BCUT2D eigenvalue weighted by Gasteiger charge is 2.24. The molecule has 1 amide bonds. The van der Waals surface area contributed by atoms with Crippen molar-refractivity contribution < 1.29 is 14.3 Å². The molecule has 0 saturated carbocycles. The summed E-state index contributed by atoms with van der Waals surface area (Å²) in [5, 5.41) is 12.2. The summed E-state index contributed by atoms with van der Waals surface area (Å²) in [5.74, 6) is -1.01. The zero-order chi connectivity index (χ0) is 21.0. The van der Waals surface area contributed by atoms with E-state index in [1.807, 2.05) is 37.3 Å². The molecule has 3 aromatic rings. The van der Waals surface area contributed by atoms with Crippen LogP contribution in [0.1, 0.15) is 37.5 Å². The summed E-state index contributed by atoms with van der Waals surface area (Å²) in [6.07, 6.45) is 1.42. The number of nitrogens with zero attached hydrogens (tertiary/aromatic N) is 2. The Morgan fingerprint density at radius 1 is 1.17 bits per heavy atom. The Hall–Kier alpha value is -4.05. The molecule has 0 aliphatic heterocycles. The molecular formula is C22H20N4O3. The van der Waals surface area contributed by atoms with E-state index >= 15 is 0 Å². The largest absolute Gasteiger partial charge is 0.464 e. The van der Waals surface area contributed by atoms with Crippen LogP contribution in [-0.4, -0.2) is 23.6 Å². The topological polar surface area (TPSA) is 110 Å². The minimum Gasteiger partial charge on any atom is -0.464 e. The first-order valence-corrected chi connectivity index (χ1v) is 8.88. The number of carbonyl (C=O) groups excluding carboxylic acids is 2. The summed E-state index contributed by atoms with van der Waals surface area (Å²) in [5.41, 5.74) is 8.95. The third-order valence-electron chi connectivity index (χ3n) is 4.53. The van der Waals surface area contributed by atoms with Gasteiger partial charge in [0.2, 0.25) is 0 Å². The van der Waals surface area contributed by atoms with E-state index in [1.165, 1.54) is 17.9 Å². The third-order valence-corrected chi connectivity index (χ3v) is 4.53. The summed E-state index contributed by atoms with van der Waals surface area (Å²) in [4.78, 5) is 25.1. The van der Waals surface area contributed by atoms with E-state index < -0.39 is 5.97 Å². The van der Waals surface area contributed by atoms with Crippen molar-refractivity contribution in [3.63, 3.8) is 0 Å². The molecule has 29 heavy (non-hydrogen) atoms. The number of anilines is 1. The van der Waals surface area contributed by atoms with Gasteiger partial charge in [-0.05, 0) is 24.6 Å². The van der Waals surface area contributed by atoms with E-state index in [4.69, 9.17) is 10.5 Å². The van der Waals surface area contributed by atoms with Gasteiger partial charge in [0, 0.05) is 12.7 Å². The van der Waals surface area contributed by atoms with Crippen LogP contribution in [0.15, 0.2) is 54.7 Å². The quantitative estimate of drug-likeness (QED) is 0.653. The monoisotopic (exact) mass is 388 g/mol. The molecule has 0 radical (unpaired) electrons. The first kappa shape index (κ1) is 19.7. The molecule has 3 N–H and O–H groups in total. The van der Waals surface area contributed by atoms with Crippen LogP contribution in [0.3, 0.4) is 0 Å². The van der Waals surface area contributed by atoms with E-state index in [9.17, 15) is 14.9 Å². The van der Waals surface area contributed by atoms with Crippen LogP contribution >= 0.6 is 0 Å². The van der Waals surface area contributed by atoms with Crippen molar-refractivity contribution in [3.8, 4) is 11.8 Å². The molecule has 0 unspecified atom stereocenters. The molecule has 7 nitrogen and oxygen atoms in total. The lowest BCUT2D eigenvalue weighted by atomic mass is 10.1. The maximum Gasteiger partial charge on any atom is 0.357 e. The molecule has 3 rings (SSSR count). The number of hydrogen-bond acceptors (Lipinski definition) is 5. The van der Waals surface area contributed by atoms with E-state index in [0.717, 1.165) is 11.1 Å². The summed E-state index contributed by atoms with van der Waals surface area (Å²) >= 11 is 0. The van der Waals surface area contributed by atoms with Crippen LogP contribution in [0, 0.1) is 18.3 Å². The normalized spacial score (nSPS) is 10.2. The average Bonchev–Trinajstić information content (AvgIpc) is 3.08. The Kier molecular flexibility index (Phi) is 5.65. The number of nitrogen functional groups attached to an aromatic ring is 1. The number of benzene rings is 2. The summed E-state index contributed by atoms with van der Waals surface area (Å²) < 4.78 is 6.22. The molecule has 146 valence electrons. The average molecular weight is 388 g/mol. The second-order valence-electron chi connectivity index (χ2n) is 6.46. The number of rotatable bonds is 5. The molecule has 2 aromatic carbocycles. The molecule has 0 aliphatic rings. The lowest BCUT2D eigenvalue weighted by Gasteiger charge is -2.13. The standard InChI is InChI=1S/C22H20N4O3/c1-14-7-9-15(10-8-14)12-25-21(27)17-5-3-4-6-18(17)26-13-16(11-23)19(24)20(26)22(28)29-2/h3-10,13H,12,24H2,1-2H3,(H,25,27). The van der Waals surface area contributed by atoms with Gasteiger partial charge >= 0.3 is 5.97 Å². The number of nitrogens with one attached hydrogen (secondary N) is 1. The Balaban J connectivity index is 1.97. The van der Waals surface area contributed by atoms with Gasteiger partial charge in [0.25, 0.3) is 5.91 Å².